The minimum atomic E-state index is -0.361. The van der Waals surface area contributed by atoms with Gasteiger partial charge in [0.1, 0.15) is 18.4 Å². The molecule has 2 aliphatic rings. The molecule has 2 aliphatic heterocycles. The van der Waals surface area contributed by atoms with E-state index in [1.165, 1.54) is 0 Å². The van der Waals surface area contributed by atoms with Crippen molar-refractivity contribution in [2.24, 2.45) is 0 Å². The number of carbonyl (C=O) groups is 1. The molecule has 1 N–H and O–H groups in total. The van der Waals surface area contributed by atoms with Crippen molar-refractivity contribution in [3.63, 3.8) is 0 Å². The molecule has 4 nitrogen and oxygen atoms in total. The molecule has 1 aromatic rings. The third-order valence-electron chi connectivity index (χ3n) is 2.56. The topological polar surface area (TPSA) is 47.6 Å². The Morgan fingerprint density at radius 1 is 1.36 bits per heavy atom. The molecule has 14 heavy (non-hydrogen) atoms. The van der Waals surface area contributed by atoms with Gasteiger partial charge in [0.05, 0.1) is 0 Å². The van der Waals surface area contributed by atoms with E-state index in [4.69, 9.17) is 9.47 Å². The average Bonchev–Trinajstić information content (AvgIpc) is 2.59. The Hall–Kier alpha value is -1.71. The Morgan fingerprint density at radius 2 is 2.21 bits per heavy atom. The number of rotatable bonds is 0. The van der Waals surface area contributed by atoms with Crippen LogP contribution >= 0.6 is 0 Å². The second kappa shape index (κ2) is 2.64. The van der Waals surface area contributed by atoms with Crippen LogP contribution < -0.4 is 10.1 Å². The third kappa shape index (κ3) is 0.968. The van der Waals surface area contributed by atoms with Crippen molar-refractivity contribution in [3.8, 4) is 5.75 Å². The van der Waals surface area contributed by atoms with Crippen LogP contribution in [0, 0.1) is 0 Å². The summed E-state index contributed by atoms with van der Waals surface area (Å²) < 4.78 is 10.5. The highest BCUT2D eigenvalue weighted by Crippen LogP contribution is 2.35. The first-order valence-corrected chi connectivity index (χ1v) is 4.53. The zero-order chi connectivity index (χ0) is 9.54. The second-order valence-electron chi connectivity index (χ2n) is 3.41. The van der Waals surface area contributed by atoms with Crippen molar-refractivity contribution in [1.82, 2.24) is 5.32 Å². The highest BCUT2D eigenvalue weighted by Gasteiger charge is 2.40. The zero-order valence-corrected chi connectivity index (χ0v) is 7.40. The van der Waals surface area contributed by atoms with E-state index in [0.717, 1.165) is 11.3 Å². The summed E-state index contributed by atoms with van der Waals surface area (Å²) >= 11 is 0. The number of amides is 1. The van der Waals surface area contributed by atoms with Crippen LogP contribution in [0.2, 0.25) is 0 Å². The number of nitrogens with one attached hydrogen (secondary N) is 1. The minimum Gasteiger partial charge on any atom is -0.489 e. The van der Waals surface area contributed by atoms with Crippen LogP contribution in [0.1, 0.15) is 11.6 Å². The molecule has 3 rings (SSSR count). The summed E-state index contributed by atoms with van der Waals surface area (Å²) in [6.45, 7) is 0.431. The van der Waals surface area contributed by atoms with E-state index in [0.29, 0.717) is 6.61 Å². The van der Waals surface area contributed by atoms with E-state index in [-0.39, 0.29) is 18.2 Å². The van der Waals surface area contributed by atoms with Crippen LogP contribution in [0.15, 0.2) is 24.3 Å². The van der Waals surface area contributed by atoms with Crippen molar-refractivity contribution in [2.45, 2.75) is 12.1 Å². The lowest BCUT2D eigenvalue weighted by atomic mass is 9.99. The number of ether oxygens (including phenoxy) is 2. The molecule has 4 heteroatoms. The van der Waals surface area contributed by atoms with Gasteiger partial charge in [-0.05, 0) is 6.07 Å². The van der Waals surface area contributed by atoms with Crippen LogP contribution in [-0.4, -0.2) is 18.8 Å². The number of benzene rings is 1. The lowest BCUT2D eigenvalue weighted by Gasteiger charge is -2.25. The summed E-state index contributed by atoms with van der Waals surface area (Å²) in [4.78, 5) is 11.0. The van der Waals surface area contributed by atoms with Crippen molar-refractivity contribution in [3.05, 3.63) is 29.8 Å². The Balaban J connectivity index is 2.05. The smallest absolute Gasteiger partial charge is 0.408 e. The zero-order valence-electron chi connectivity index (χ0n) is 7.40. The molecule has 0 aromatic heterocycles. The van der Waals surface area contributed by atoms with Crippen molar-refractivity contribution in [2.75, 3.05) is 6.61 Å². The van der Waals surface area contributed by atoms with Gasteiger partial charge in [-0.2, -0.15) is 0 Å². The summed E-state index contributed by atoms with van der Waals surface area (Å²) in [7, 11) is 0. The fourth-order valence-electron chi connectivity index (χ4n) is 1.91. The van der Waals surface area contributed by atoms with E-state index in [9.17, 15) is 4.79 Å². The number of alkyl carbamates (subject to hydrolysis) is 1. The molecule has 1 fully saturated rings. The molecular formula is C10H9NO3. The summed E-state index contributed by atoms with van der Waals surface area (Å²) in [5, 5.41) is 2.77. The number of hydrogen-bond donors (Lipinski definition) is 1. The Kier molecular flexibility index (Phi) is 1.45. The van der Waals surface area contributed by atoms with E-state index in [1.54, 1.807) is 0 Å². The largest absolute Gasteiger partial charge is 0.489 e. The third-order valence-corrected chi connectivity index (χ3v) is 2.56. The number of carbonyl (C=O) groups excluding carboxylic acids is 1. The lowest BCUT2D eigenvalue weighted by molar-refractivity contribution is 0.0804. The SMILES string of the molecule is O=C1NC2c3ccccc3OCC2O1. The van der Waals surface area contributed by atoms with Gasteiger partial charge in [-0.25, -0.2) is 4.79 Å². The van der Waals surface area contributed by atoms with Crippen LogP contribution in [0.3, 0.4) is 0 Å². The molecule has 2 unspecified atom stereocenters. The molecule has 0 radical (unpaired) electrons. The predicted molar refractivity (Wildman–Crippen MR) is 48.1 cm³/mol. The highest BCUT2D eigenvalue weighted by atomic mass is 16.6. The molecule has 0 saturated carbocycles. The number of fused-ring (bicyclic) bond motifs is 3. The predicted octanol–water partition coefficient (Wildman–Crippen LogP) is 1.23. The second-order valence-corrected chi connectivity index (χ2v) is 3.41. The monoisotopic (exact) mass is 191 g/mol. The molecule has 2 heterocycles. The molecule has 0 spiro atoms. The fourth-order valence-corrected chi connectivity index (χ4v) is 1.91. The van der Waals surface area contributed by atoms with E-state index < -0.39 is 0 Å². The van der Waals surface area contributed by atoms with Crippen LogP contribution in [0.5, 0.6) is 5.75 Å². The molecular weight excluding hydrogens is 182 g/mol. The molecule has 0 aliphatic carbocycles. The van der Waals surface area contributed by atoms with Crippen LogP contribution in [-0.2, 0) is 4.74 Å². The van der Waals surface area contributed by atoms with Gasteiger partial charge in [-0.1, -0.05) is 18.2 Å². The van der Waals surface area contributed by atoms with Gasteiger partial charge in [-0.15, -0.1) is 0 Å². The summed E-state index contributed by atoms with van der Waals surface area (Å²) in [6.07, 6.45) is -0.544. The van der Waals surface area contributed by atoms with Gasteiger partial charge in [-0.3, -0.25) is 0 Å². The lowest BCUT2D eigenvalue weighted by Crippen LogP contribution is -2.31. The molecule has 0 bridgehead atoms. The Labute approximate surface area is 80.8 Å². The molecule has 72 valence electrons. The first-order valence-electron chi connectivity index (χ1n) is 4.53. The van der Waals surface area contributed by atoms with E-state index >= 15 is 0 Å². The minimum absolute atomic E-state index is 0.0487. The first-order chi connectivity index (χ1) is 6.84. The molecule has 1 saturated heterocycles. The maximum Gasteiger partial charge on any atom is 0.408 e. The number of hydrogen-bond acceptors (Lipinski definition) is 3. The van der Waals surface area contributed by atoms with Gasteiger partial charge in [0.15, 0.2) is 6.10 Å². The molecule has 1 aromatic carbocycles. The molecule has 2 atom stereocenters. The Morgan fingerprint density at radius 3 is 3.14 bits per heavy atom. The summed E-state index contributed by atoms with van der Waals surface area (Å²) in [6, 6.07) is 7.63. The number of para-hydroxylation sites is 1. The van der Waals surface area contributed by atoms with Crippen LogP contribution in [0.4, 0.5) is 4.79 Å². The van der Waals surface area contributed by atoms with Gasteiger partial charge in [0.25, 0.3) is 0 Å². The Bertz CT molecular complexity index is 391. The standard InChI is InChI=1S/C10H9NO3/c12-10-11-9-6-3-1-2-4-7(6)13-5-8(9)14-10/h1-4,8-9H,5H2,(H,11,12). The van der Waals surface area contributed by atoms with Gasteiger partial charge < -0.3 is 14.8 Å². The van der Waals surface area contributed by atoms with E-state index in [2.05, 4.69) is 5.32 Å². The van der Waals surface area contributed by atoms with Crippen molar-refractivity contribution < 1.29 is 14.3 Å². The highest BCUT2D eigenvalue weighted by molar-refractivity contribution is 5.71. The summed E-state index contributed by atoms with van der Waals surface area (Å²) in [5.41, 5.74) is 0.995. The van der Waals surface area contributed by atoms with Gasteiger partial charge >= 0.3 is 6.09 Å². The maximum atomic E-state index is 11.0. The summed E-state index contributed by atoms with van der Waals surface area (Å²) in [5.74, 6) is 0.833. The quantitative estimate of drug-likeness (QED) is 0.670. The first kappa shape index (κ1) is 7.67. The molecule has 1 amide bonds. The van der Waals surface area contributed by atoms with Crippen molar-refractivity contribution in [1.29, 1.82) is 0 Å². The normalized spacial score (nSPS) is 28.1. The maximum absolute atomic E-state index is 11.0. The fraction of sp³-hybridized carbons (Fsp3) is 0.300. The van der Waals surface area contributed by atoms with Gasteiger partial charge in [0, 0.05) is 5.56 Å². The van der Waals surface area contributed by atoms with E-state index in [1.807, 2.05) is 24.3 Å². The average molecular weight is 191 g/mol. The van der Waals surface area contributed by atoms with Gasteiger partial charge in [0.2, 0.25) is 0 Å². The van der Waals surface area contributed by atoms with Crippen LogP contribution in [0.25, 0.3) is 0 Å². The van der Waals surface area contributed by atoms with Crippen molar-refractivity contribution >= 4 is 6.09 Å².